The summed E-state index contributed by atoms with van der Waals surface area (Å²) < 4.78 is 0. The van der Waals surface area contributed by atoms with Crippen LogP contribution < -0.4 is 129 Å². The van der Waals surface area contributed by atoms with Gasteiger partial charge in [-0.25, -0.2) is 0 Å². The summed E-state index contributed by atoms with van der Waals surface area (Å²) in [7, 11) is 0. The molecule has 0 unspecified atom stereocenters. The van der Waals surface area contributed by atoms with E-state index in [1.165, 1.54) is 0 Å². The molecular formula is H60N21O11. The Morgan fingerprint density at radius 2 is 0.0938 bits per heavy atom. The van der Waals surface area contributed by atoms with Crippen molar-refractivity contribution in [3.8, 4) is 0 Å². The van der Waals surface area contributed by atoms with Gasteiger partial charge in [0, 0.05) is 66.4 Å². The van der Waals surface area contributed by atoms with Gasteiger partial charge in [-0.1, -0.05) is 0 Å². The van der Waals surface area contributed by atoms with E-state index in [9.17, 15) is 0 Å². The van der Waals surface area contributed by atoms with Crippen molar-refractivity contribution in [1.82, 2.24) is 129 Å². The average Bonchev–Trinajstić information content (AvgIpc) is 0. The van der Waals surface area contributed by atoms with Crippen molar-refractivity contribution in [2.45, 2.75) is 0 Å². The van der Waals surface area contributed by atoms with E-state index in [4.69, 9.17) is 0 Å². The van der Waals surface area contributed by atoms with Gasteiger partial charge < -0.3 is 123 Å². The molecule has 0 fully saturated rings. The van der Waals surface area contributed by atoms with Gasteiger partial charge in [-0.3, -0.25) is 0 Å². The first-order valence-corrected chi connectivity index (χ1v) is 0. The molecule has 0 aliphatic heterocycles. The van der Waals surface area contributed by atoms with Crippen LogP contribution in [0, 0.1) is 0 Å². The first kappa shape index (κ1) is 16600. The molecule has 32 heavy (non-hydrogen) atoms. The standard InChI is InChI=1S/20H3N.N.11O/h20*1H3;;;;;;;;;;;;. The number of hydrogen-bond acceptors (Lipinski definition) is 20. The van der Waals surface area contributed by atoms with Crippen molar-refractivity contribution in [3.63, 3.8) is 0 Å². The van der Waals surface area contributed by atoms with Crippen LogP contribution >= 0.6 is 0 Å². The van der Waals surface area contributed by atoms with Gasteiger partial charge in [0.05, 0.1) is 0 Å². The Bertz CT molecular complexity index is 29.7. The molecule has 32 heteroatoms. The molecule has 0 aliphatic carbocycles. The molecule has 0 amide bonds. The van der Waals surface area contributed by atoms with Gasteiger partial charge in [0.15, 0.2) is 0 Å². The molecule has 0 aromatic rings. The zero-order valence-corrected chi connectivity index (χ0v) is 19.1. The Kier molecular flexibility index (Phi) is 7740000. The normalized spacial score (nSPS) is 0. The van der Waals surface area contributed by atoms with E-state index in [1.807, 2.05) is 0 Å². The van der Waals surface area contributed by atoms with E-state index in [0.717, 1.165) is 0 Å². The van der Waals surface area contributed by atoms with Gasteiger partial charge in [0.25, 0.3) is 0 Å². The van der Waals surface area contributed by atoms with Crippen LogP contribution in [0.5, 0.6) is 0 Å². The maximum absolute atomic E-state index is 0. The topological polar surface area (TPSA) is 1040 Å². The lowest BCUT2D eigenvalue weighted by Gasteiger charge is -0.345. The Labute approximate surface area is 191 Å². The van der Waals surface area contributed by atoms with Crippen molar-refractivity contribution in [2.24, 2.45) is 0 Å². The van der Waals surface area contributed by atoms with Crippen molar-refractivity contribution in [3.05, 3.63) is 0 Å². The van der Waals surface area contributed by atoms with Crippen LogP contribution in [0.15, 0.2) is 0 Å². The Morgan fingerprint density at radius 1 is 0.0938 bits per heavy atom. The van der Waals surface area contributed by atoms with Crippen molar-refractivity contribution in [1.29, 1.82) is 0 Å². The largest absolute Gasteiger partial charge is 0.344 e. The number of rotatable bonds is 0. The van der Waals surface area contributed by atoms with Gasteiger partial charge >= 0.3 is 0 Å². The molecular weight excluding hydrogens is 470 g/mol. The Balaban J connectivity index is 0. The van der Waals surface area contributed by atoms with Gasteiger partial charge in [-0.05, 0) is 0 Å². The van der Waals surface area contributed by atoms with E-state index in [-0.39, 0.29) is 189 Å². The van der Waals surface area contributed by atoms with Crippen LogP contribution in [0.25, 0.3) is 0 Å². The molecule has 0 aromatic heterocycles. The fourth-order valence-electron chi connectivity index (χ4n) is 0. The van der Waals surface area contributed by atoms with E-state index in [2.05, 4.69) is 0 Å². The SMILES string of the molecule is N.N.N.N.N.N.N.N.N.N.N.N.N.N.N.N.N.N.N.N.[N].[O].[O].[O].[O].[O].[O].[O].[O].[O].[O].[O]. The number of nitrogens with zero attached hydrogens (tertiary/aromatic N) is 1. The van der Waals surface area contributed by atoms with Crippen LogP contribution in [-0.4, -0.2) is 0 Å². The summed E-state index contributed by atoms with van der Waals surface area (Å²) in [6.45, 7) is 0. The molecule has 0 aromatic carbocycles. The van der Waals surface area contributed by atoms with Crippen LogP contribution in [-0.2, 0) is 60.2 Å². The minimum atomic E-state index is 0. The molecule has 0 heterocycles. The van der Waals surface area contributed by atoms with Gasteiger partial charge in [0.1, 0.15) is 0 Å². The van der Waals surface area contributed by atoms with E-state index < -0.39 is 0 Å². The molecule has 60 N–H and O–H groups in total. The maximum atomic E-state index is 0. The highest BCUT2D eigenvalue weighted by Gasteiger charge is 0.0117. The first-order chi connectivity index (χ1) is 0. The molecule has 0 aliphatic rings. The van der Waals surface area contributed by atoms with Crippen molar-refractivity contribution < 1.29 is 60.2 Å². The van der Waals surface area contributed by atoms with Crippen LogP contribution in [0.4, 0.5) is 0 Å². The molecule has 0 saturated heterocycles. The second-order valence-electron chi connectivity index (χ2n) is 0. The molecule has 231 valence electrons. The molecule has 0 saturated carbocycles. The smallest absolute Gasteiger partial charge is 0 e. The monoisotopic (exact) mass is 530 g/mol. The van der Waals surface area contributed by atoms with E-state index in [0.29, 0.717) is 0 Å². The molecule has 32 nitrogen and oxygen atoms in total. The first-order valence-electron chi connectivity index (χ1n) is 0. The molecule has 25 radical (unpaired) electrons. The zero-order chi connectivity index (χ0) is 0. The zero-order valence-electron chi connectivity index (χ0n) is 19.1. The highest BCUT2D eigenvalue weighted by atomic mass is 16.0. The maximum Gasteiger partial charge on any atom is 0 e. The van der Waals surface area contributed by atoms with Crippen LogP contribution in [0.1, 0.15) is 0 Å². The summed E-state index contributed by atoms with van der Waals surface area (Å²) in [5, 5.41) is 0. The lowest BCUT2D eigenvalue weighted by atomic mass is 14.0. The summed E-state index contributed by atoms with van der Waals surface area (Å²) in [5.74, 6) is 0. The minimum absolute atomic E-state index is 0. The molecule has 0 spiro atoms. The van der Waals surface area contributed by atoms with Crippen molar-refractivity contribution >= 4 is 0 Å². The highest BCUT2D eigenvalue weighted by molar-refractivity contribution is 2.15. The quantitative estimate of drug-likeness (QED) is 0.210. The van der Waals surface area contributed by atoms with Crippen molar-refractivity contribution in [2.75, 3.05) is 0 Å². The second-order valence-corrected chi connectivity index (χ2v) is 0. The van der Waals surface area contributed by atoms with Gasteiger partial charge in [-0.2, -0.15) is 0 Å². The lowest BCUT2D eigenvalue weighted by Crippen LogP contribution is -0.482. The van der Waals surface area contributed by atoms with E-state index in [1.54, 1.807) is 0 Å². The lowest BCUT2D eigenvalue weighted by molar-refractivity contribution is 0.685. The number of hydrogen-bond donors (Lipinski definition) is 20. The third kappa shape index (κ3) is 13500. The van der Waals surface area contributed by atoms with Gasteiger partial charge in [0.2, 0.25) is 0 Å². The highest BCUT2D eigenvalue weighted by Crippen LogP contribution is -0.108. The average molecular weight is 531 g/mol. The third-order valence-corrected chi connectivity index (χ3v) is 0. The van der Waals surface area contributed by atoms with E-state index >= 15 is 0 Å². The van der Waals surface area contributed by atoms with Crippen LogP contribution in [0.2, 0.25) is 0 Å². The van der Waals surface area contributed by atoms with Gasteiger partial charge in [-0.15, -0.1) is 0 Å². The second kappa shape index (κ2) is 15000. The molecule has 0 atom stereocenters. The fourth-order valence-corrected chi connectivity index (χ4v) is 0. The predicted molar refractivity (Wildman–Crippen MR) is 110 cm³/mol. The summed E-state index contributed by atoms with van der Waals surface area (Å²) in [5.41, 5.74) is 0. The fraction of sp³-hybridized carbons (Fsp3) is 0. The summed E-state index contributed by atoms with van der Waals surface area (Å²) in [6, 6.07) is 0. The Morgan fingerprint density at radius 3 is 0.0938 bits per heavy atom. The predicted octanol–water partition coefficient (Wildman–Crippen LogP) is 1.45. The molecule has 0 bridgehead atoms. The van der Waals surface area contributed by atoms with Crippen LogP contribution in [0.3, 0.4) is 0 Å². The summed E-state index contributed by atoms with van der Waals surface area (Å²) in [6.07, 6.45) is 0. The summed E-state index contributed by atoms with van der Waals surface area (Å²) >= 11 is 0. The third-order valence-electron chi connectivity index (χ3n) is 0. The Hall–Kier alpha value is -1.28. The molecule has 0 rings (SSSR count). The minimum Gasteiger partial charge on any atom is -0.344 e. The summed E-state index contributed by atoms with van der Waals surface area (Å²) in [4.78, 5) is 0.